The minimum atomic E-state index is 0.341. The lowest BCUT2D eigenvalue weighted by Crippen LogP contribution is -2.38. The molecule has 1 nitrogen and oxygen atoms in total. The second-order valence-corrected chi connectivity index (χ2v) is 4.30. The van der Waals surface area contributed by atoms with Gasteiger partial charge in [-0.05, 0) is 34.4 Å². The van der Waals surface area contributed by atoms with Crippen molar-refractivity contribution in [3.05, 3.63) is 0 Å². The summed E-state index contributed by atoms with van der Waals surface area (Å²) >= 11 is 0. The Morgan fingerprint density at radius 1 is 1.27 bits per heavy atom. The molecule has 0 unspecified atom stereocenters. The van der Waals surface area contributed by atoms with Crippen LogP contribution in [0.3, 0.4) is 0 Å². The van der Waals surface area contributed by atoms with E-state index in [0.29, 0.717) is 5.54 Å². The Bertz CT molecular complexity index is 96.2. The average molecular weight is 155 g/mol. The highest BCUT2D eigenvalue weighted by Gasteiger charge is 2.15. The van der Waals surface area contributed by atoms with E-state index in [0.717, 1.165) is 0 Å². The van der Waals surface area contributed by atoms with Gasteiger partial charge in [-0.25, -0.2) is 0 Å². The van der Waals surface area contributed by atoms with Crippen LogP contribution < -0.4 is 0 Å². The lowest BCUT2D eigenvalue weighted by Gasteiger charge is -2.31. The topological polar surface area (TPSA) is 3.24 Å². The minimum absolute atomic E-state index is 0.341. The van der Waals surface area contributed by atoms with Crippen molar-refractivity contribution in [1.82, 2.24) is 4.90 Å². The molecule has 0 N–H and O–H groups in total. The fourth-order valence-electron chi connectivity index (χ4n) is 0.934. The van der Waals surface area contributed by atoms with Gasteiger partial charge in [0.2, 0.25) is 0 Å². The molecule has 0 saturated carbocycles. The third-order valence-electron chi connectivity index (χ3n) is 2.24. The molecule has 66 valence electrons. The van der Waals surface area contributed by atoms with Crippen LogP contribution in [0.5, 0.6) is 0 Å². The first-order valence-electron chi connectivity index (χ1n) is 4.69. The Hall–Kier alpha value is 0.0249. The molecule has 0 aliphatic carbocycles. The quantitative estimate of drug-likeness (QED) is 0.443. The Morgan fingerprint density at radius 3 is 2.18 bits per heavy atom. The number of rotatable bonds is 4. The van der Waals surface area contributed by atoms with E-state index in [4.69, 9.17) is 0 Å². The first-order valence-corrected chi connectivity index (χ1v) is 4.69. The van der Waals surface area contributed by atoms with Gasteiger partial charge in [0.25, 0.3) is 0 Å². The molecule has 0 fully saturated rings. The van der Waals surface area contributed by atoms with Crippen LogP contribution in [-0.4, -0.2) is 31.3 Å². The molecule has 0 aliphatic heterocycles. The highest BCUT2D eigenvalue weighted by molar-refractivity contribution is 6.35. The normalized spacial score (nSPS) is 12.2. The summed E-state index contributed by atoms with van der Waals surface area (Å²) in [5.41, 5.74) is 0.341. The zero-order valence-corrected chi connectivity index (χ0v) is 8.78. The summed E-state index contributed by atoms with van der Waals surface area (Å²) in [5, 5.41) is 0. The van der Waals surface area contributed by atoms with Crippen LogP contribution in [0.25, 0.3) is 0 Å². The van der Waals surface area contributed by atoms with Gasteiger partial charge >= 0.3 is 0 Å². The zero-order valence-electron chi connectivity index (χ0n) is 8.78. The van der Waals surface area contributed by atoms with Gasteiger partial charge in [-0.2, -0.15) is 0 Å². The molecule has 0 aliphatic rings. The van der Waals surface area contributed by atoms with Crippen molar-refractivity contribution in [1.29, 1.82) is 0 Å². The highest BCUT2D eigenvalue weighted by atomic mass is 15.1. The van der Waals surface area contributed by atoms with Crippen LogP contribution in [0, 0.1) is 0 Å². The smallest absolute Gasteiger partial charge is 0.121 e. The van der Waals surface area contributed by atoms with Gasteiger partial charge < -0.3 is 4.90 Å². The maximum Gasteiger partial charge on any atom is 0.121 e. The molecule has 0 amide bonds. The summed E-state index contributed by atoms with van der Waals surface area (Å²) in [6.45, 7) is 10.3. The molecule has 0 saturated heterocycles. The molecule has 0 aromatic rings. The van der Waals surface area contributed by atoms with Gasteiger partial charge in [0.05, 0.1) is 0 Å². The van der Waals surface area contributed by atoms with E-state index in [2.05, 4.69) is 39.6 Å². The van der Waals surface area contributed by atoms with Crippen LogP contribution >= 0.6 is 0 Å². The SMILES string of the molecule is CCBCCN(C)C(C)(C)C. The van der Waals surface area contributed by atoms with E-state index >= 15 is 0 Å². The number of hydrogen-bond acceptors (Lipinski definition) is 1. The van der Waals surface area contributed by atoms with E-state index in [1.807, 2.05) is 0 Å². The van der Waals surface area contributed by atoms with Gasteiger partial charge in [0, 0.05) is 5.54 Å². The second-order valence-electron chi connectivity index (χ2n) is 4.30. The first kappa shape index (κ1) is 11.0. The number of nitrogens with zero attached hydrogens (tertiary/aromatic N) is 1. The summed E-state index contributed by atoms with van der Waals surface area (Å²) in [6.07, 6.45) is 2.66. The molecular formula is C9H22BN. The third-order valence-corrected chi connectivity index (χ3v) is 2.24. The minimum Gasteiger partial charge on any atom is -0.302 e. The Morgan fingerprint density at radius 2 is 1.82 bits per heavy atom. The lowest BCUT2D eigenvalue weighted by atomic mass is 9.71. The molecule has 0 heterocycles. The maximum atomic E-state index is 2.42. The zero-order chi connectivity index (χ0) is 8.91. The Kier molecular flexibility index (Phi) is 4.82. The molecule has 0 aromatic heterocycles. The van der Waals surface area contributed by atoms with Gasteiger partial charge in [-0.1, -0.05) is 19.6 Å². The molecule has 11 heavy (non-hydrogen) atoms. The van der Waals surface area contributed by atoms with Crippen molar-refractivity contribution in [2.75, 3.05) is 13.6 Å². The van der Waals surface area contributed by atoms with Crippen molar-refractivity contribution in [3.8, 4) is 0 Å². The van der Waals surface area contributed by atoms with Crippen LogP contribution in [-0.2, 0) is 0 Å². The summed E-state index contributed by atoms with van der Waals surface area (Å²) in [4.78, 5) is 2.42. The summed E-state index contributed by atoms with van der Waals surface area (Å²) in [5.74, 6) is 0. The lowest BCUT2D eigenvalue weighted by molar-refractivity contribution is 0.185. The Balaban J connectivity index is 3.44. The highest BCUT2D eigenvalue weighted by Crippen LogP contribution is 2.10. The molecule has 0 bridgehead atoms. The van der Waals surface area contributed by atoms with Gasteiger partial charge in [0.15, 0.2) is 0 Å². The first-order chi connectivity index (χ1) is 4.98. The van der Waals surface area contributed by atoms with Crippen molar-refractivity contribution < 1.29 is 0 Å². The van der Waals surface area contributed by atoms with Gasteiger partial charge in [-0.15, -0.1) is 0 Å². The molecule has 0 aromatic carbocycles. The average Bonchev–Trinajstić information content (AvgIpc) is 1.86. The van der Waals surface area contributed by atoms with Crippen molar-refractivity contribution >= 4 is 7.28 Å². The van der Waals surface area contributed by atoms with E-state index < -0.39 is 0 Å². The van der Waals surface area contributed by atoms with Gasteiger partial charge in [-0.3, -0.25) is 0 Å². The van der Waals surface area contributed by atoms with Crippen LogP contribution in [0.15, 0.2) is 0 Å². The van der Waals surface area contributed by atoms with Gasteiger partial charge in [0.1, 0.15) is 7.28 Å². The van der Waals surface area contributed by atoms with E-state index in [-0.39, 0.29) is 0 Å². The standard InChI is InChI=1S/C9H22BN/c1-6-10-7-8-11(5)9(2,3)4/h10H,6-8H2,1-5H3. The van der Waals surface area contributed by atoms with Crippen LogP contribution in [0.4, 0.5) is 0 Å². The maximum absolute atomic E-state index is 2.42. The number of hydrogen-bond donors (Lipinski definition) is 0. The molecule has 0 rings (SSSR count). The van der Waals surface area contributed by atoms with Crippen LogP contribution in [0.1, 0.15) is 27.7 Å². The predicted molar refractivity (Wildman–Crippen MR) is 54.8 cm³/mol. The van der Waals surface area contributed by atoms with Crippen molar-refractivity contribution in [2.45, 2.75) is 45.9 Å². The molecule has 0 spiro atoms. The summed E-state index contributed by atoms with van der Waals surface area (Å²) < 4.78 is 0. The van der Waals surface area contributed by atoms with Crippen molar-refractivity contribution in [2.24, 2.45) is 0 Å². The summed E-state index contributed by atoms with van der Waals surface area (Å²) in [6, 6.07) is 0. The summed E-state index contributed by atoms with van der Waals surface area (Å²) in [7, 11) is 3.57. The van der Waals surface area contributed by atoms with Crippen molar-refractivity contribution in [3.63, 3.8) is 0 Å². The predicted octanol–water partition coefficient (Wildman–Crippen LogP) is 2.01. The molecular weight excluding hydrogens is 133 g/mol. The van der Waals surface area contributed by atoms with E-state index in [9.17, 15) is 0 Å². The second kappa shape index (κ2) is 4.81. The monoisotopic (exact) mass is 155 g/mol. The largest absolute Gasteiger partial charge is 0.302 e. The molecule has 2 heteroatoms. The van der Waals surface area contributed by atoms with E-state index in [1.165, 1.54) is 26.5 Å². The van der Waals surface area contributed by atoms with Crippen LogP contribution in [0.2, 0.25) is 12.6 Å². The Labute approximate surface area is 72.4 Å². The fraction of sp³-hybridized carbons (Fsp3) is 1.00. The fourth-order valence-corrected chi connectivity index (χ4v) is 0.934. The molecule has 0 radical (unpaired) electrons. The molecule has 0 atom stereocenters. The third kappa shape index (κ3) is 5.31. The van der Waals surface area contributed by atoms with E-state index in [1.54, 1.807) is 0 Å².